The van der Waals surface area contributed by atoms with Crippen LogP contribution in [0, 0.1) is 0 Å². The zero-order valence-electron chi connectivity index (χ0n) is 9.90. The Balaban J connectivity index is 2.18. The molecule has 2 amide bonds. The Bertz CT molecular complexity index is 579. The molecule has 1 N–H and O–H groups in total. The third kappa shape index (κ3) is 1.30. The van der Waals surface area contributed by atoms with Crippen molar-refractivity contribution in [2.24, 2.45) is 4.99 Å². The molecule has 18 heavy (non-hydrogen) atoms. The van der Waals surface area contributed by atoms with E-state index in [1.165, 1.54) is 0 Å². The molecule has 5 nitrogen and oxygen atoms in total. The molecule has 1 fully saturated rings. The lowest BCUT2D eigenvalue weighted by atomic mass is 9.88. The first kappa shape index (κ1) is 11.0. The van der Waals surface area contributed by atoms with Gasteiger partial charge in [0, 0.05) is 11.1 Å². The second kappa shape index (κ2) is 3.66. The highest BCUT2D eigenvalue weighted by Gasteiger charge is 2.53. The molecular weight excluding hydrogens is 232 g/mol. The van der Waals surface area contributed by atoms with Gasteiger partial charge in [-0.3, -0.25) is 14.9 Å². The second-order valence-corrected chi connectivity index (χ2v) is 4.31. The number of nitrogens with one attached hydrogen (secondary N) is 1. The van der Waals surface area contributed by atoms with E-state index in [0.717, 1.165) is 11.1 Å². The van der Waals surface area contributed by atoms with Gasteiger partial charge in [-0.05, 0) is 13.0 Å². The Kier molecular flexibility index (Phi) is 2.23. The van der Waals surface area contributed by atoms with Gasteiger partial charge in [0.2, 0.25) is 11.8 Å². The number of hydrogen-bond acceptors (Lipinski definition) is 4. The average molecular weight is 244 g/mol. The van der Waals surface area contributed by atoms with Crippen molar-refractivity contribution >= 4 is 17.7 Å². The predicted molar refractivity (Wildman–Crippen MR) is 64.0 cm³/mol. The minimum Gasteiger partial charge on any atom is -0.478 e. The Morgan fingerprint density at radius 2 is 2.17 bits per heavy atom. The van der Waals surface area contributed by atoms with E-state index in [9.17, 15) is 9.59 Å². The van der Waals surface area contributed by atoms with E-state index in [2.05, 4.69) is 10.3 Å². The molecule has 1 spiro atoms. The molecule has 1 saturated heterocycles. The maximum atomic E-state index is 12.0. The first-order valence-corrected chi connectivity index (χ1v) is 5.84. The number of rotatable bonds is 1. The summed E-state index contributed by atoms with van der Waals surface area (Å²) in [7, 11) is 0. The van der Waals surface area contributed by atoms with Crippen LogP contribution in [0.3, 0.4) is 0 Å². The summed E-state index contributed by atoms with van der Waals surface area (Å²) in [5, 5.41) is 2.31. The molecule has 1 aromatic carbocycles. The summed E-state index contributed by atoms with van der Waals surface area (Å²) in [5.41, 5.74) is 0.430. The number of aliphatic imine (C=N–C) groups is 1. The molecule has 3 rings (SSSR count). The highest BCUT2D eigenvalue weighted by atomic mass is 16.5. The molecule has 1 aromatic rings. The van der Waals surface area contributed by atoms with E-state index < -0.39 is 5.54 Å². The fraction of sp³-hybridized carbons (Fsp3) is 0.308. The van der Waals surface area contributed by atoms with Crippen molar-refractivity contribution in [3.63, 3.8) is 0 Å². The van der Waals surface area contributed by atoms with Crippen molar-refractivity contribution in [3.8, 4) is 0 Å². The standard InChI is InChI=1S/C13H12N2O3/c1-2-18-11-8-5-3-4-6-9(8)13(15-11)7-10(16)14-12(13)17/h3-6H,2,7H2,1H3,(H,14,16,17). The van der Waals surface area contributed by atoms with Crippen LogP contribution in [0.5, 0.6) is 0 Å². The lowest BCUT2D eigenvalue weighted by Crippen LogP contribution is -2.32. The van der Waals surface area contributed by atoms with E-state index in [1.807, 2.05) is 31.2 Å². The molecule has 0 saturated carbocycles. The van der Waals surface area contributed by atoms with Crippen molar-refractivity contribution in [2.45, 2.75) is 18.9 Å². The van der Waals surface area contributed by atoms with Crippen LogP contribution in [0.15, 0.2) is 29.3 Å². The van der Waals surface area contributed by atoms with Crippen LogP contribution in [-0.4, -0.2) is 24.3 Å². The number of fused-ring (bicyclic) bond motifs is 2. The molecule has 0 aromatic heterocycles. The zero-order chi connectivity index (χ0) is 12.8. The molecular formula is C13H12N2O3. The van der Waals surface area contributed by atoms with Crippen LogP contribution in [0.25, 0.3) is 0 Å². The summed E-state index contributed by atoms with van der Waals surface area (Å²) in [4.78, 5) is 27.8. The van der Waals surface area contributed by atoms with Crippen molar-refractivity contribution in [3.05, 3.63) is 35.4 Å². The summed E-state index contributed by atoms with van der Waals surface area (Å²) in [6, 6.07) is 7.37. The van der Waals surface area contributed by atoms with Crippen LogP contribution in [0.4, 0.5) is 0 Å². The summed E-state index contributed by atoms with van der Waals surface area (Å²) < 4.78 is 5.46. The third-order valence-electron chi connectivity index (χ3n) is 3.22. The number of benzene rings is 1. The molecule has 2 aliphatic heterocycles. The van der Waals surface area contributed by atoms with E-state index in [0.29, 0.717) is 12.5 Å². The van der Waals surface area contributed by atoms with E-state index >= 15 is 0 Å². The van der Waals surface area contributed by atoms with E-state index in [4.69, 9.17) is 4.74 Å². The number of amides is 2. The van der Waals surface area contributed by atoms with E-state index in [1.54, 1.807) is 0 Å². The van der Waals surface area contributed by atoms with Crippen molar-refractivity contribution in [1.29, 1.82) is 0 Å². The molecule has 5 heteroatoms. The number of carbonyl (C=O) groups is 2. The van der Waals surface area contributed by atoms with Gasteiger partial charge in [0.15, 0.2) is 5.54 Å². The number of ether oxygens (including phenoxy) is 1. The summed E-state index contributed by atoms with van der Waals surface area (Å²) in [5.74, 6) is -0.219. The van der Waals surface area contributed by atoms with Gasteiger partial charge in [-0.2, -0.15) is 0 Å². The monoisotopic (exact) mass is 244 g/mol. The molecule has 0 bridgehead atoms. The second-order valence-electron chi connectivity index (χ2n) is 4.31. The Labute approximate surface area is 104 Å². The topological polar surface area (TPSA) is 67.8 Å². The summed E-state index contributed by atoms with van der Waals surface area (Å²) >= 11 is 0. The quantitative estimate of drug-likeness (QED) is 0.740. The van der Waals surface area contributed by atoms with Gasteiger partial charge < -0.3 is 4.74 Å². The maximum absolute atomic E-state index is 12.0. The lowest BCUT2D eigenvalue weighted by Gasteiger charge is -2.15. The fourth-order valence-corrected chi connectivity index (χ4v) is 2.47. The van der Waals surface area contributed by atoms with Crippen LogP contribution >= 0.6 is 0 Å². The van der Waals surface area contributed by atoms with Gasteiger partial charge >= 0.3 is 0 Å². The normalized spacial score (nSPS) is 25.1. The molecule has 1 atom stereocenters. The zero-order valence-corrected chi connectivity index (χ0v) is 9.90. The molecule has 0 radical (unpaired) electrons. The van der Waals surface area contributed by atoms with Crippen LogP contribution in [-0.2, 0) is 19.9 Å². The van der Waals surface area contributed by atoms with Gasteiger partial charge in [-0.25, -0.2) is 4.99 Å². The Hall–Kier alpha value is -2.17. The highest BCUT2D eigenvalue weighted by Crippen LogP contribution is 2.41. The van der Waals surface area contributed by atoms with Crippen LogP contribution in [0.2, 0.25) is 0 Å². The number of hydrogen-bond donors (Lipinski definition) is 1. The number of nitrogens with zero attached hydrogens (tertiary/aromatic N) is 1. The van der Waals surface area contributed by atoms with Gasteiger partial charge in [-0.1, -0.05) is 18.2 Å². The summed E-state index contributed by atoms with van der Waals surface area (Å²) in [6.45, 7) is 2.33. The number of carbonyl (C=O) groups excluding carboxylic acids is 2. The smallest absolute Gasteiger partial charge is 0.259 e. The average Bonchev–Trinajstić information content (AvgIpc) is 2.81. The first-order chi connectivity index (χ1) is 8.67. The van der Waals surface area contributed by atoms with Crippen molar-refractivity contribution < 1.29 is 14.3 Å². The highest BCUT2D eigenvalue weighted by molar-refractivity contribution is 6.14. The number of imide groups is 1. The van der Waals surface area contributed by atoms with E-state index in [-0.39, 0.29) is 18.2 Å². The first-order valence-electron chi connectivity index (χ1n) is 5.84. The van der Waals surface area contributed by atoms with Crippen molar-refractivity contribution in [1.82, 2.24) is 5.32 Å². The predicted octanol–water partition coefficient (Wildman–Crippen LogP) is 0.725. The Morgan fingerprint density at radius 1 is 1.39 bits per heavy atom. The van der Waals surface area contributed by atoms with Crippen LogP contribution < -0.4 is 5.32 Å². The van der Waals surface area contributed by atoms with Gasteiger partial charge in [0.25, 0.3) is 5.91 Å². The molecule has 0 aliphatic carbocycles. The van der Waals surface area contributed by atoms with Gasteiger partial charge in [0.1, 0.15) is 0 Å². The van der Waals surface area contributed by atoms with Crippen molar-refractivity contribution in [2.75, 3.05) is 6.61 Å². The molecule has 2 aliphatic rings. The minimum absolute atomic E-state index is 0.0550. The van der Waals surface area contributed by atoms with Gasteiger partial charge in [0.05, 0.1) is 13.0 Å². The lowest BCUT2D eigenvalue weighted by molar-refractivity contribution is -0.126. The molecule has 1 unspecified atom stereocenters. The van der Waals surface area contributed by atoms with Crippen LogP contribution in [0.1, 0.15) is 24.5 Å². The van der Waals surface area contributed by atoms with Gasteiger partial charge in [-0.15, -0.1) is 0 Å². The third-order valence-corrected chi connectivity index (χ3v) is 3.22. The molecule has 2 heterocycles. The summed E-state index contributed by atoms with van der Waals surface area (Å²) in [6.07, 6.45) is 0.0550. The molecule has 92 valence electrons. The SMILES string of the molecule is CCOC1=NC2(CC(=O)NC2=O)c2ccccc21. The Morgan fingerprint density at radius 3 is 2.83 bits per heavy atom. The minimum atomic E-state index is -1.11. The fourth-order valence-electron chi connectivity index (χ4n) is 2.47. The maximum Gasteiger partial charge on any atom is 0.259 e. The largest absolute Gasteiger partial charge is 0.478 e.